The zero-order valence-corrected chi connectivity index (χ0v) is 17.8. The van der Waals surface area contributed by atoms with E-state index in [-0.39, 0.29) is 24.8 Å². The number of anilines is 1. The Morgan fingerprint density at radius 3 is 2.75 bits per heavy atom. The number of nitrogens with zero attached hydrogens (tertiary/aromatic N) is 2. The number of nitrogens with one attached hydrogen (secondary N) is 1. The predicted octanol–water partition coefficient (Wildman–Crippen LogP) is 4.19. The van der Waals surface area contributed by atoms with Crippen molar-refractivity contribution in [3.05, 3.63) is 83.4 Å². The van der Waals surface area contributed by atoms with Gasteiger partial charge in [0.2, 0.25) is 5.91 Å². The van der Waals surface area contributed by atoms with Crippen LogP contribution in [0.25, 0.3) is 0 Å². The number of aromatic nitrogens is 2. The number of carbonyl (C=O) groups excluding carboxylic acids is 1. The summed E-state index contributed by atoms with van der Waals surface area (Å²) in [7, 11) is 1.57. The maximum absolute atomic E-state index is 14.0. The topological polar surface area (TPSA) is 73.3 Å². The lowest BCUT2D eigenvalue weighted by atomic mass is 9.93. The highest BCUT2D eigenvalue weighted by Crippen LogP contribution is 2.55. The molecule has 1 aliphatic rings. The molecular formula is C24H23F2N3O3. The number of carbonyl (C=O) groups is 1. The Morgan fingerprint density at radius 2 is 2.00 bits per heavy atom. The van der Waals surface area contributed by atoms with Crippen LogP contribution in [0.2, 0.25) is 0 Å². The van der Waals surface area contributed by atoms with Crippen LogP contribution in [-0.2, 0) is 21.6 Å². The van der Waals surface area contributed by atoms with E-state index in [4.69, 9.17) is 9.47 Å². The molecule has 6 nitrogen and oxygen atoms in total. The smallest absolute Gasteiger partial charge is 0.228 e. The first-order valence-electron chi connectivity index (χ1n) is 10.2. The first-order chi connectivity index (χ1) is 15.4. The van der Waals surface area contributed by atoms with Gasteiger partial charge in [0.1, 0.15) is 23.2 Å². The van der Waals surface area contributed by atoms with E-state index >= 15 is 0 Å². The number of methoxy groups -OCH3 is 1. The maximum atomic E-state index is 14.0. The van der Waals surface area contributed by atoms with Gasteiger partial charge in [0.15, 0.2) is 5.75 Å². The third-order valence-corrected chi connectivity index (χ3v) is 5.64. The second-order valence-corrected chi connectivity index (χ2v) is 7.84. The van der Waals surface area contributed by atoms with Gasteiger partial charge in [-0.1, -0.05) is 30.3 Å². The molecule has 1 aliphatic carbocycles. The lowest BCUT2D eigenvalue weighted by Crippen LogP contribution is -2.27. The van der Waals surface area contributed by atoms with Crippen LogP contribution in [0.4, 0.5) is 14.5 Å². The second-order valence-electron chi connectivity index (χ2n) is 7.84. The van der Waals surface area contributed by atoms with Crippen LogP contribution in [0.15, 0.2) is 54.7 Å². The monoisotopic (exact) mass is 439 g/mol. The van der Waals surface area contributed by atoms with Gasteiger partial charge in [-0.15, -0.1) is 0 Å². The van der Waals surface area contributed by atoms with Crippen LogP contribution >= 0.6 is 0 Å². The molecule has 166 valence electrons. The zero-order chi connectivity index (χ0) is 22.7. The van der Waals surface area contributed by atoms with Crippen LogP contribution in [0.5, 0.6) is 5.75 Å². The molecule has 2 aromatic carbocycles. The third kappa shape index (κ3) is 4.45. The van der Waals surface area contributed by atoms with Gasteiger partial charge in [-0.3, -0.25) is 4.79 Å². The van der Waals surface area contributed by atoms with Gasteiger partial charge in [-0.05, 0) is 31.0 Å². The first kappa shape index (κ1) is 21.8. The summed E-state index contributed by atoms with van der Waals surface area (Å²) in [5.74, 6) is -1.09. The molecule has 32 heavy (non-hydrogen) atoms. The molecule has 1 heterocycles. The maximum Gasteiger partial charge on any atom is 0.228 e. The van der Waals surface area contributed by atoms with Crippen molar-refractivity contribution in [1.82, 2.24) is 9.97 Å². The third-order valence-electron chi connectivity index (χ3n) is 5.64. The number of amides is 1. The van der Waals surface area contributed by atoms with Crippen molar-refractivity contribution in [3.8, 4) is 5.75 Å². The van der Waals surface area contributed by atoms with Gasteiger partial charge < -0.3 is 14.8 Å². The largest absolute Gasteiger partial charge is 0.489 e. The second kappa shape index (κ2) is 9.00. The van der Waals surface area contributed by atoms with Crippen LogP contribution in [0.1, 0.15) is 23.5 Å². The number of ether oxygens (including phenoxy) is 2. The molecule has 2 atom stereocenters. The summed E-state index contributed by atoms with van der Waals surface area (Å²) in [6, 6.07) is 12.5. The minimum Gasteiger partial charge on any atom is -0.489 e. The van der Waals surface area contributed by atoms with Gasteiger partial charge in [-0.25, -0.2) is 18.7 Å². The lowest BCUT2D eigenvalue weighted by molar-refractivity contribution is -0.117. The fourth-order valence-electron chi connectivity index (χ4n) is 3.87. The molecule has 0 aliphatic heterocycles. The zero-order valence-electron chi connectivity index (χ0n) is 17.8. The van der Waals surface area contributed by atoms with Gasteiger partial charge in [0, 0.05) is 18.6 Å². The number of hydrogen-bond acceptors (Lipinski definition) is 5. The van der Waals surface area contributed by atoms with E-state index in [2.05, 4.69) is 15.3 Å². The Labute approximate surface area is 184 Å². The minimum absolute atomic E-state index is 0.181. The van der Waals surface area contributed by atoms with Gasteiger partial charge >= 0.3 is 0 Å². The van der Waals surface area contributed by atoms with Gasteiger partial charge in [0.05, 0.1) is 31.0 Å². The molecule has 8 heteroatoms. The SMILES string of the molecule is COCc1nc(C)ncc1OC[C@@]1(c2ccccc2)C[C@H]1C(=O)Nc1cc(F)ccc1F. The molecule has 3 aromatic rings. The van der Waals surface area contributed by atoms with Crippen molar-refractivity contribution in [3.63, 3.8) is 0 Å². The summed E-state index contributed by atoms with van der Waals surface area (Å²) in [5.41, 5.74) is 0.761. The Kier molecular flexibility index (Phi) is 6.14. The van der Waals surface area contributed by atoms with Crippen LogP contribution in [-0.4, -0.2) is 29.6 Å². The summed E-state index contributed by atoms with van der Waals surface area (Å²) in [6.45, 7) is 2.24. The number of hydrogen-bond donors (Lipinski definition) is 1. The highest BCUT2D eigenvalue weighted by molar-refractivity contribution is 5.96. The predicted molar refractivity (Wildman–Crippen MR) is 114 cm³/mol. The fourth-order valence-corrected chi connectivity index (χ4v) is 3.87. The quantitative estimate of drug-likeness (QED) is 0.570. The average Bonchev–Trinajstić information content (AvgIpc) is 3.53. The van der Waals surface area contributed by atoms with Crippen molar-refractivity contribution in [2.45, 2.75) is 25.4 Å². The average molecular weight is 439 g/mol. The van der Waals surface area contributed by atoms with Crippen molar-refractivity contribution in [2.24, 2.45) is 5.92 Å². The summed E-state index contributed by atoms with van der Waals surface area (Å²) in [4.78, 5) is 21.5. The van der Waals surface area contributed by atoms with Crippen LogP contribution < -0.4 is 10.1 Å². The highest BCUT2D eigenvalue weighted by Gasteiger charge is 2.60. The number of rotatable bonds is 8. The van der Waals surface area contributed by atoms with Crippen molar-refractivity contribution in [1.29, 1.82) is 0 Å². The van der Waals surface area contributed by atoms with Crippen molar-refractivity contribution >= 4 is 11.6 Å². The Balaban J connectivity index is 1.56. The molecule has 1 saturated carbocycles. The molecule has 0 radical (unpaired) electrons. The van der Waals surface area contributed by atoms with E-state index in [0.29, 0.717) is 23.7 Å². The lowest BCUT2D eigenvalue weighted by Gasteiger charge is -2.20. The normalized spacial score (nSPS) is 19.4. The van der Waals surface area contributed by atoms with E-state index < -0.39 is 23.0 Å². The van der Waals surface area contributed by atoms with E-state index in [0.717, 1.165) is 23.8 Å². The molecule has 0 saturated heterocycles. The Morgan fingerprint density at radius 1 is 1.22 bits per heavy atom. The molecule has 1 aromatic heterocycles. The number of benzene rings is 2. The van der Waals surface area contributed by atoms with E-state index in [1.807, 2.05) is 30.3 Å². The summed E-state index contributed by atoms with van der Waals surface area (Å²) < 4.78 is 38.8. The van der Waals surface area contributed by atoms with E-state index in [1.54, 1.807) is 20.2 Å². The van der Waals surface area contributed by atoms with Crippen molar-refractivity contribution < 1.29 is 23.0 Å². The van der Waals surface area contributed by atoms with Crippen LogP contribution in [0.3, 0.4) is 0 Å². The molecule has 1 amide bonds. The molecule has 4 rings (SSSR count). The minimum atomic E-state index is -0.692. The number of halogens is 2. The summed E-state index contributed by atoms with van der Waals surface area (Å²) in [6.07, 6.45) is 2.10. The number of aryl methyl sites for hydroxylation is 1. The van der Waals surface area contributed by atoms with Crippen LogP contribution in [0, 0.1) is 24.5 Å². The summed E-state index contributed by atoms with van der Waals surface area (Å²) in [5, 5.41) is 2.52. The molecule has 0 spiro atoms. The van der Waals surface area contributed by atoms with E-state index in [1.165, 1.54) is 0 Å². The Hall–Kier alpha value is -3.39. The fraction of sp³-hybridized carbons (Fsp3) is 0.292. The molecule has 1 N–H and O–H groups in total. The molecule has 0 unspecified atom stereocenters. The Bertz CT molecular complexity index is 1130. The molecule has 1 fully saturated rings. The van der Waals surface area contributed by atoms with Gasteiger partial charge in [-0.2, -0.15) is 0 Å². The summed E-state index contributed by atoms with van der Waals surface area (Å²) >= 11 is 0. The first-order valence-corrected chi connectivity index (χ1v) is 10.2. The standard InChI is InChI=1S/C24H23F2N3O3/c1-15-27-12-22(21(28-15)13-31-2)32-14-24(16-6-4-3-5-7-16)11-18(24)23(30)29-20-10-17(25)8-9-19(20)26/h3-10,12,18H,11,13-14H2,1-2H3,(H,29,30)/t18-,24+/m0/s1. The highest BCUT2D eigenvalue weighted by atomic mass is 19.1. The van der Waals surface area contributed by atoms with Gasteiger partial charge in [0.25, 0.3) is 0 Å². The van der Waals surface area contributed by atoms with E-state index in [9.17, 15) is 13.6 Å². The molecule has 0 bridgehead atoms. The van der Waals surface area contributed by atoms with Crippen molar-refractivity contribution in [2.75, 3.05) is 19.0 Å². The molecular weight excluding hydrogens is 416 g/mol.